The predicted molar refractivity (Wildman–Crippen MR) is 69.5 cm³/mol. The van der Waals surface area contributed by atoms with Crippen LogP contribution in [-0.2, 0) is 0 Å². The van der Waals surface area contributed by atoms with Crippen molar-refractivity contribution in [3.63, 3.8) is 0 Å². The van der Waals surface area contributed by atoms with E-state index < -0.39 is 0 Å². The Morgan fingerprint density at radius 1 is 1.12 bits per heavy atom. The molecule has 1 aromatic carbocycles. The summed E-state index contributed by atoms with van der Waals surface area (Å²) in [6, 6.07) is 8.39. The number of hydrogen-bond donors (Lipinski definition) is 0. The highest BCUT2D eigenvalue weighted by atomic mass is 32.1. The Kier molecular flexibility index (Phi) is 2.38. The third-order valence-electron chi connectivity index (χ3n) is 2.40. The van der Waals surface area contributed by atoms with Gasteiger partial charge in [0.05, 0.1) is 12.5 Å². The van der Waals surface area contributed by atoms with E-state index in [1.165, 1.54) is 15.6 Å². The van der Waals surface area contributed by atoms with Crippen LogP contribution in [0.3, 0.4) is 0 Å². The standard InChI is InChI=1S/C12H9NOS2/c1-14-11-7-16-12(13-11)9-6-15-10-5-3-2-4-8(9)10/h2-7H,1H3. The number of rotatable bonds is 2. The van der Waals surface area contributed by atoms with E-state index in [1.807, 2.05) is 5.38 Å². The van der Waals surface area contributed by atoms with E-state index >= 15 is 0 Å². The summed E-state index contributed by atoms with van der Waals surface area (Å²) in [5.41, 5.74) is 1.20. The maximum absolute atomic E-state index is 5.11. The normalized spacial score (nSPS) is 10.8. The number of thiazole rings is 1. The smallest absolute Gasteiger partial charge is 0.224 e. The highest BCUT2D eigenvalue weighted by molar-refractivity contribution is 7.18. The van der Waals surface area contributed by atoms with Crippen molar-refractivity contribution in [2.45, 2.75) is 0 Å². The van der Waals surface area contributed by atoms with Crippen molar-refractivity contribution in [2.75, 3.05) is 7.11 Å². The fraction of sp³-hybridized carbons (Fsp3) is 0.0833. The molecule has 0 saturated carbocycles. The minimum absolute atomic E-state index is 0.690. The largest absolute Gasteiger partial charge is 0.480 e. The van der Waals surface area contributed by atoms with Gasteiger partial charge in [-0.2, -0.15) is 0 Å². The second-order valence-electron chi connectivity index (χ2n) is 3.34. The highest BCUT2D eigenvalue weighted by Gasteiger charge is 2.09. The highest BCUT2D eigenvalue weighted by Crippen LogP contribution is 2.36. The molecule has 4 heteroatoms. The van der Waals surface area contributed by atoms with Crippen LogP contribution in [0.5, 0.6) is 5.88 Å². The van der Waals surface area contributed by atoms with Crippen LogP contribution in [0.15, 0.2) is 35.0 Å². The summed E-state index contributed by atoms with van der Waals surface area (Å²) in [4.78, 5) is 4.42. The molecule has 3 rings (SSSR count). The van der Waals surface area contributed by atoms with E-state index in [-0.39, 0.29) is 0 Å². The number of nitrogens with zero attached hydrogens (tertiary/aromatic N) is 1. The number of thiophene rings is 1. The number of ether oxygens (including phenoxy) is 1. The lowest BCUT2D eigenvalue weighted by atomic mass is 10.2. The molecular weight excluding hydrogens is 238 g/mol. The second kappa shape index (κ2) is 3.88. The molecule has 2 aromatic heterocycles. The van der Waals surface area contributed by atoms with Gasteiger partial charge in [-0.25, -0.2) is 4.98 Å². The number of aromatic nitrogens is 1. The molecule has 0 aliphatic rings. The average molecular weight is 247 g/mol. The molecule has 0 spiro atoms. The van der Waals surface area contributed by atoms with Gasteiger partial charge in [-0.05, 0) is 6.07 Å². The van der Waals surface area contributed by atoms with Crippen molar-refractivity contribution >= 4 is 32.8 Å². The fourth-order valence-corrected chi connectivity index (χ4v) is 3.44. The third-order valence-corrected chi connectivity index (χ3v) is 4.22. The zero-order chi connectivity index (χ0) is 11.0. The molecule has 3 aromatic rings. The summed E-state index contributed by atoms with van der Waals surface area (Å²) in [7, 11) is 1.64. The minimum atomic E-state index is 0.690. The van der Waals surface area contributed by atoms with Crippen LogP contribution in [0.1, 0.15) is 0 Å². The fourth-order valence-electron chi connectivity index (χ4n) is 1.62. The molecule has 0 amide bonds. The van der Waals surface area contributed by atoms with Crippen LogP contribution < -0.4 is 4.74 Å². The van der Waals surface area contributed by atoms with Crippen molar-refractivity contribution in [1.29, 1.82) is 0 Å². The summed E-state index contributed by atoms with van der Waals surface area (Å²) >= 11 is 3.37. The van der Waals surface area contributed by atoms with E-state index in [9.17, 15) is 0 Å². The van der Waals surface area contributed by atoms with Gasteiger partial charge in [0, 0.05) is 21.0 Å². The zero-order valence-corrected chi connectivity index (χ0v) is 10.3. The minimum Gasteiger partial charge on any atom is -0.480 e. The number of fused-ring (bicyclic) bond motifs is 1. The van der Waals surface area contributed by atoms with Gasteiger partial charge in [0.1, 0.15) is 5.01 Å². The summed E-state index contributed by atoms with van der Waals surface area (Å²) in [5.74, 6) is 0.690. The van der Waals surface area contributed by atoms with Crippen molar-refractivity contribution in [3.8, 4) is 16.5 Å². The first kappa shape index (κ1) is 9.81. The molecule has 0 atom stereocenters. The Labute approximate surface area is 101 Å². The summed E-state index contributed by atoms with van der Waals surface area (Å²) in [5, 5.41) is 6.38. The Bertz CT molecular complexity index is 627. The van der Waals surface area contributed by atoms with E-state index in [4.69, 9.17) is 4.74 Å². The van der Waals surface area contributed by atoms with Gasteiger partial charge in [-0.15, -0.1) is 22.7 Å². The molecule has 2 nitrogen and oxygen atoms in total. The SMILES string of the molecule is COc1csc(-c2csc3ccccc23)n1. The number of methoxy groups -OCH3 is 1. The Hall–Kier alpha value is -1.39. The van der Waals surface area contributed by atoms with Crippen molar-refractivity contribution in [2.24, 2.45) is 0 Å². The van der Waals surface area contributed by atoms with Crippen molar-refractivity contribution < 1.29 is 4.74 Å². The van der Waals surface area contributed by atoms with E-state index in [0.29, 0.717) is 5.88 Å². The van der Waals surface area contributed by atoms with Gasteiger partial charge in [0.15, 0.2) is 0 Å². The second-order valence-corrected chi connectivity index (χ2v) is 5.11. The maximum Gasteiger partial charge on any atom is 0.224 e. The van der Waals surface area contributed by atoms with Crippen LogP contribution in [0.2, 0.25) is 0 Å². The van der Waals surface area contributed by atoms with Crippen LogP contribution >= 0.6 is 22.7 Å². The first-order valence-corrected chi connectivity index (χ1v) is 6.60. The lowest BCUT2D eigenvalue weighted by molar-refractivity contribution is 0.401. The first-order valence-electron chi connectivity index (χ1n) is 4.84. The maximum atomic E-state index is 5.11. The molecule has 0 fully saturated rings. The van der Waals surface area contributed by atoms with Crippen LogP contribution in [0.4, 0.5) is 0 Å². The van der Waals surface area contributed by atoms with Gasteiger partial charge in [-0.1, -0.05) is 18.2 Å². The van der Waals surface area contributed by atoms with Crippen molar-refractivity contribution in [1.82, 2.24) is 4.98 Å². The van der Waals surface area contributed by atoms with Crippen LogP contribution in [0, 0.1) is 0 Å². The number of hydrogen-bond acceptors (Lipinski definition) is 4. The van der Waals surface area contributed by atoms with Gasteiger partial charge >= 0.3 is 0 Å². The lowest BCUT2D eigenvalue weighted by Crippen LogP contribution is -1.81. The molecule has 0 bridgehead atoms. The molecule has 0 unspecified atom stereocenters. The topological polar surface area (TPSA) is 22.1 Å². The summed E-state index contributed by atoms with van der Waals surface area (Å²) in [6.45, 7) is 0. The number of benzene rings is 1. The zero-order valence-electron chi connectivity index (χ0n) is 8.64. The van der Waals surface area contributed by atoms with Gasteiger partial charge in [0.2, 0.25) is 5.88 Å². The van der Waals surface area contributed by atoms with Gasteiger partial charge < -0.3 is 4.74 Å². The van der Waals surface area contributed by atoms with E-state index in [2.05, 4.69) is 34.6 Å². The molecule has 80 valence electrons. The first-order chi connectivity index (χ1) is 7.88. The van der Waals surface area contributed by atoms with Crippen LogP contribution in [-0.4, -0.2) is 12.1 Å². The molecule has 0 saturated heterocycles. The molecule has 0 aliphatic carbocycles. The molecule has 0 aliphatic heterocycles. The summed E-state index contributed by atoms with van der Waals surface area (Å²) in [6.07, 6.45) is 0. The molecular formula is C12H9NOS2. The van der Waals surface area contributed by atoms with E-state index in [1.54, 1.807) is 29.8 Å². The van der Waals surface area contributed by atoms with Gasteiger partial charge in [-0.3, -0.25) is 0 Å². The molecule has 2 heterocycles. The van der Waals surface area contributed by atoms with Gasteiger partial charge in [0.25, 0.3) is 0 Å². The van der Waals surface area contributed by atoms with Crippen molar-refractivity contribution in [3.05, 3.63) is 35.0 Å². The van der Waals surface area contributed by atoms with Crippen LogP contribution in [0.25, 0.3) is 20.7 Å². The Morgan fingerprint density at radius 3 is 2.81 bits per heavy atom. The average Bonchev–Trinajstić information content (AvgIpc) is 2.94. The quantitative estimate of drug-likeness (QED) is 0.682. The monoisotopic (exact) mass is 247 g/mol. The predicted octanol–water partition coefficient (Wildman–Crippen LogP) is 4.03. The Morgan fingerprint density at radius 2 is 2.00 bits per heavy atom. The Balaban J connectivity index is 2.18. The lowest BCUT2D eigenvalue weighted by Gasteiger charge is -1.93. The van der Waals surface area contributed by atoms with E-state index in [0.717, 1.165) is 5.01 Å². The molecule has 0 N–H and O–H groups in total. The molecule has 0 radical (unpaired) electrons. The molecule has 16 heavy (non-hydrogen) atoms. The third kappa shape index (κ3) is 1.50. The summed E-state index contributed by atoms with van der Waals surface area (Å²) < 4.78 is 6.41.